The summed E-state index contributed by atoms with van der Waals surface area (Å²) in [6.45, 7) is 0.562. The van der Waals surface area contributed by atoms with Gasteiger partial charge >= 0.3 is 0 Å². The molecule has 1 unspecified atom stereocenters. The maximum atomic E-state index is 12.4. The van der Waals surface area contributed by atoms with E-state index in [2.05, 4.69) is 10.6 Å². The SMILES string of the molecule is CNc1c(C(=N)N)c(-c2ccc(C(=O)NF)cc2)c2n1CC(NC=O)CC2. The highest BCUT2D eigenvalue weighted by atomic mass is 19.2. The van der Waals surface area contributed by atoms with Crippen molar-refractivity contribution < 1.29 is 14.1 Å². The van der Waals surface area contributed by atoms with Gasteiger partial charge in [-0.25, -0.2) is 0 Å². The van der Waals surface area contributed by atoms with Crippen LogP contribution in [-0.2, 0) is 17.8 Å². The second-order valence-corrected chi connectivity index (χ2v) is 6.34. The van der Waals surface area contributed by atoms with E-state index < -0.39 is 5.91 Å². The summed E-state index contributed by atoms with van der Waals surface area (Å²) in [6, 6.07) is 6.47. The molecule has 0 spiro atoms. The topological polar surface area (TPSA) is 125 Å². The number of amidine groups is 1. The summed E-state index contributed by atoms with van der Waals surface area (Å²) in [4.78, 5) is 22.2. The van der Waals surface area contributed by atoms with Gasteiger partial charge in [-0.2, -0.15) is 5.54 Å². The molecule has 0 saturated heterocycles. The Morgan fingerprint density at radius 2 is 2.07 bits per heavy atom. The second-order valence-electron chi connectivity index (χ2n) is 6.34. The summed E-state index contributed by atoms with van der Waals surface area (Å²) in [7, 11) is 1.75. The lowest BCUT2D eigenvalue weighted by Gasteiger charge is -2.26. The number of carbonyl (C=O) groups is 2. The van der Waals surface area contributed by atoms with Gasteiger partial charge in [0.1, 0.15) is 11.7 Å². The van der Waals surface area contributed by atoms with Gasteiger partial charge in [-0.1, -0.05) is 16.6 Å². The minimum Gasteiger partial charge on any atom is -0.384 e. The second kappa shape index (κ2) is 7.48. The zero-order valence-electron chi connectivity index (χ0n) is 14.8. The quantitative estimate of drug-likeness (QED) is 0.226. The molecule has 27 heavy (non-hydrogen) atoms. The number of carbonyl (C=O) groups excluding carboxylic acids is 2. The van der Waals surface area contributed by atoms with E-state index in [1.165, 1.54) is 12.1 Å². The first kappa shape index (κ1) is 18.4. The summed E-state index contributed by atoms with van der Waals surface area (Å²) < 4.78 is 14.4. The first-order valence-corrected chi connectivity index (χ1v) is 8.50. The standard InChI is InChI=1S/C18H21FN6O2/c1-22-17-15(16(20)21)14(10-2-4-11(5-3-10)18(27)24-19)13-7-6-12(23-9-26)8-25(13)17/h2-5,9,12,22H,6-8H2,1H3,(H3,20,21)(H,23,26)(H,24,27). The van der Waals surface area contributed by atoms with Gasteiger partial charge in [0.25, 0.3) is 5.91 Å². The maximum absolute atomic E-state index is 12.4. The van der Waals surface area contributed by atoms with Crippen molar-refractivity contribution in [3.8, 4) is 11.1 Å². The van der Waals surface area contributed by atoms with Crippen LogP contribution in [0.15, 0.2) is 24.3 Å². The molecular weight excluding hydrogens is 351 g/mol. The molecule has 2 heterocycles. The minimum absolute atomic E-state index is 0.00205. The number of rotatable bonds is 6. The van der Waals surface area contributed by atoms with Crippen LogP contribution in [0, 0.1) is 5.41 Å². The number of amides is 2. The summed E-state index contributed by atoms with van der Waals surface area (Å²) in [5.74, 6) is -0.192. The van der Waals surface area contributed by atoms with Crippen LogP contribution in [0.2, 0.25) is 0 Å². The Kier molecular flexibility index (Phi) is 5.11. The number of nitrogen functional groups attached to an aromatic ring is 1. The molecule has 8 nitrogen and oxygen atoms in total. The summed E-state index contributed by atoms with van der Waals surface area (Å²) in [5, 5.41) is 14.0. The van der Waals surface area contributed by atoms with E-state index in [1.807, 2.05) is 4.57 Å². The molecule has 9 heteroatoms. The zero-order chi connectivity index (χ0) is 19.6. The average molecular weight is 372 g/mol. The predicted molar refractivity (Wildman–Crippen MR) is 100 cm³/mol. The number of nitrogens with two attached hydrogens (primary N) is 1. The van der Waals surface area contributed by atoms with E-state index in [9.17, 15) is 14.1 Å². The number of halogens is 1. The fourth-order valence-corrected chi connectivity index (χ4v) is 3.66. The molecule has 1 aromatic heterocycles. The number of aromatic nitrogens is 1. The van der Waals surface area contributed by atoms with Gasteiger partial charge in [-0.05, 0) is 30.5 Å². The number of benzene rings is 1. The molecule has 2 amide bonds. The van der Waals surface area contributed by atoms with E-state index in [0.29, 0.717) is 30.8 Å². The van der Waals surface area contributed by atoms with Gasteiger partial charge in [0, 0.05) is 36.5 Å². The summed E-state index contributed by atoms with van der Waals surface area (Å²) in [6.07, 6.45) is 2.15. The highest BCUT2D eigenvalue weighted by Gasteiger charge is 2.29. The monoisotopic (exact) mass is 372 g/mol. The number of nitrogens with one attached hydrogen (secondary N) is 4. The van der Waals surface area contributed by atoms with Crippen LogP contribution in [0.5, 0.6) is 0 Å². The van der Waals surface area contributed by atoms with Crippen LogP contribution in [0.4, 0.5) is 10.3 Å². The lowest BCUT2D eigenvalue weighted by molar-refractivity contribution is -0.110. The van der Waals surface area contributed by atoms with Crippen molar-refractivity contribution >= 4 is 24.0 Å². The van der Waals surface area contributed by atoms with Crippen LogP contribution >= 0.6 is 0 Å². The predicted octanol–water partition coefficient (Wildman–Crippen LogP) is 1.16. The Bertz CT molecular complexity index is 890. The van der Waals surface area contributed by atoms with E-state index in [1.54, 1.807) is 19.2 Å². The number of nitrogens with zero attached hydrogens (tertiary/aromatic N) is 1. The van der Waals surface area contributed by atoms with Gasteiger partial charge < -0.3 is 20.9 Å². The molecule has 6 N–H and O–H groups in total. The lowest BCUT2D eigenvalue weighted by Crippen LogP contribution is -2.36. The Hall–Kier alpha value is -3.36. The Balaban J connectivity index is 2.14. The third-order valence-corrected chi connectivity index (χ3v) is 4.84. The van der Waals surface area contributed by atoms with Crippen LogP contribution in [0.3, 0.4) is 0 Å². The van der Waals surface area contributed by atoms with Gasteiger partial charge in [-0.15, -0.1) is 0 Å². The molecule has 142 valence electrons. The lowest BCUT2D eigenvalue weighted by atomic mass is 9.95. The third-order valence-electron chi connectivity index (χ3n) is 4.84. The van der Waals surface area contributed by atoms with Crippen LogP contribution < -0.4 is 21.9 Å². The molecule has 0 aliphatic carbocycles. The average Bonchev–Trinajstić information content (AvgIpc) is 3.01. The highest BCUT2D eigenvalue weighted by molar-refractivity contribution is 6.07. The first-order chi connectivity index (χ1) is 13.0. The number of hydrogen-bond donors (Lipinski definition) is 5. The molecule has 1 aliphatic rings. The van der Waals surface area contributed by atoms with Crippen molar-refractivity contribution in [3.05, 3.63) is 41.1 Å². The highest BCUT2D eigenvalue weighted by Crippen LogP contribution is 2.38. The van der Waals surface area contributed by atoms with Crippen LogP contribution in [0.1, 0.15) is 28.0 Å². The largest absolute Gasteiger partial charge is 0.384 e. The van der Waals surface area contributed by atoms with Gasteiger partial charge in [0.2, 0.25) is 6.41 Å². The fourth-order valence-electron chi connectivity index (χ4n) is 3.66. The maximum Gasteiger partial charge on any atom is 0.278 e. The molecule has 2 aromatic rings. The smallest absolute Gasteiger partial charge is 0.278 e. The van der Waals surface area contributed by atoms with Gasteiger partial charge in [0.15, 0.2) is 0 Å². The molecule has 1 atom stereocenters. The molecular formula is C18H21FN6O2. The molecule has 1 aromatic carbocycles. The number of hydrogen-bond acceptors (Lipinski definition) is 4. The molecule has 0 radical (unpaired) electrons. The Morgan fingerprint density at radius 1 is 1.37 bits per heavy atom. The molecule has 0 bridgehead atoms. The zero-order valence-corrected chi connectivity index (χ0v) is 14.8. The van der Waals surface area contributed by atoms with Crippen LogP contribution in [-0.4, -0.2) is 35.8 Å². The van der Waals surface area contributed by atoms with Crippen molar-refractivity contribution in [3.63, 3.8) is 0 Å². The van der Waals surface area contributed by atoms with Crippen LogP contribution in [0.25, 0.3) is 11.1 Å². The minimum atomic E-state index is -0.814. The van der Waals surface area contributed by atoms with Gasteiger partial charge in [-0.3, -0.25) is 15.0 Å². The number of anilines is 1. The van der Waals surface area contributed by atoms with Crippen molar-refractivity contribution in [1.82, 2.24) is 15.4 Å². The normalized spacial score (nSPS) is 15.6. The molecule has 0 fully saturated rings. The Morgan fingerprint density at radius 3 is 2.63 bits per heavy atom. The Labute approximate surface area is 155 Å². The molecule has 3 rings (SSSR count). The van der Waals surface area contributed by atoms with Gasteiger partial charge in [0.05, 0.1) is 5.56 Å². The number of fused-ring (bicyclic) bond motifs is 1. The molecule has 1 aliphatic heterocycles. The van der Waals surface area contributed by atoms with E-state index >= 15 is 0 Å². The summed E-state index contributed by atoms with van der Waals surface area (Å²) >= 11 is 0. The molecule has 0 saturated carbocycles. The summed E-state index contributed by atoms with van der Waals surface area (Å²) in [5.41, 5.74) is 10.3. The van der Waals surface area contributed by atoms with E-state index in [4.69, 9.17) is 11.1 Å². The van der Waals surface area contributed by atoms with Crippen molar-refractivity contribution in [1.29, 1.82) is 5.41 Å². The van der Waals surface area contributed by atoms with Crippen molar-refractivity contribution in [2.75, 3.05) is 12.4 Å². The third kappa shape index (κ3) is 3.23. The van der Waals surface area contributed by atoms with Crippen molar-refractivity contribution in [2.45, 2.75) is 25.4 Å². The first-order valence-electron chi connectivity index (χ1n) is 8.50. The van der Waals surface area contributed by atoms with E-state index in [-0.39, 0.29) is 17.4 Å². The van der Waals surface area contributed by atoms with Crippen molar-refractivity contribution in [2.24, 2.45) is 5.73 Å². The fraction of sp³-hybridized carbons (Fsp3) is 0.278. The van der Waals surface area contributed by atoms with E-state index in [0.717, 1.165) is 28.8 Å².